The minimum Gasteiger partial charge on any atom is -0.330 e. The third-order valence-corrected chi connectivity index (χ3v) is 2.67. The Kier molecular flexibility index (Phi) is 4.37. The molecule has 0 radical (unpaired) electrons. The van der Waals surface area contributed by atoms with Gasteiger partial charge in [-0.25, -0.2) is 22.0 Å². The Morgan fingerprint density at radius 1 is 0.762 bits per heavy atom. The van der Waals surface area contributed by atoms with Gasteiger partial charge in [-0.1, -0.05) is 0 Å². The average Bonchev–Trinajstić information content (AvgIpc) is 2.43. The highest BCUT2D eigenvalue weighted by Crippen LogP contribution is 2.20. The van der Waals surface area contributed by atoms with Gasteiger partial charge < -0.3 is 10.6 Å². The van der Waals surface area contributed by atoms with Crippen LogP contribution < -0.4 is 10.6 Å². The number of anilines is 2. The molecule has 0 atom stereocenters. The van der Waals surface area contributed by atoms with E-state index in [0.29, 0.717) is 12.1 Å². The van der Waals surface area contributed by atoms with Crippen molar-refractivity contribution in [2.45, 2.75) is 0 Å². The highest BCUT2D eigenvalue weighted by atomic mass is 32.1. The molecule has 21 heavy (non-hydrogen) atoms. The number of hydrogen-bond acceptors (Lipinski definition) is 1. The van der Waals surface area contributed by atoms with Crippen molar-refractivity contribution in [3.63, 3.8) is 0 Å². The average molecular weight is 318 g/mol. The van der Waals surface area contributed by atoms with Crippen molar-refractivity contribution in [2.75, 3.05) is 10.6 Å². The normalized spacial score (nSPS) is 10.3. The van der Waals surface area contributed by atoms with Gasteiger partial charge in [0.05, 0.1) is 11.4 Å². The van der Waals surface area contributed by atoms with Crippen molar-refractivity contribution in [3.05, 3.63) is 59.4 Å². The van der Waals surface area contributed by atoms with Crippen LogP contribution in [0.15, 0.2) is 30.3 Å². The quantitative estimate of drug-likeness (QED) is 0.493. The number of rotatable bonds is 2. The maximum absolute atomic E-state index is 13.4. The molecule has 0 spiro atoms. The van der Waals surface area contributed by atoms with E-state index in [4.69, 9.17) is 12.2 Å². The summed E-state index contributed by atoms with van der Waals surface area (Å²) in [5.41, 5.74) is -0.578. The molecule has 0 fully saturated rings. The Morgan fingerprint density at radius 2 is 1.38 bits per heavy atom. The molecule has 0 aliphatic rings. The monoisotopic (exact) mass is 318 g/mol. The summed E-state index contributed by atoms with van der Waals surface area (Å²) in [6.07, 6.45) is 0. The largest absolute Gasteiger partial charge is 0.330 e. The molecular weight excluding hydrogens is 311 g/mol. The maximum atomic E-state index is 13.4. The smallest absolute Gasteiger partial charge is 0.196 e. The summed E-state index contributed by atoms with van der Waals surface area (Å²) in [4.78, 5) is 0. The number of nitrogens with one attached hydrogen (secondary N) is 2. The van der Waals surface area contributed by atoms with Gasteiger partial charge in [0.1, 0.15) is 11.6 Å². The molecule has 2 nitrogen and oxygen atoms in total. The fourth-order valence-electron chi connectivity index (χ4n) is 1.49. The Hall–Kier alpha value is -2.22. The van der Waals surface area contributed by atoms with E-state index in [1.165, 1.54) is 0 Å². The van der Waals surface area contributed by atoms with Gasteiger partial charge in [0.2, 0.25) is 0 Å². The van der Waals surface area contributed by atoms with Crippen molar-refractivity contribution in [3.8, 4) is 0 Å². The van der Waals surface area contributed by atoms with Gasteiger partial charge in [-0.2, -0.15) is 0 Å². The zero-order valence-corrected chi connectivity index (χ0v) is 11.0. The van der Waals surface area contributed by atoms with Crippen LogP contribution in [-0.4, -0.2) is 5.11 Å². The Labute approximate surface area is 121 Å². The van der Waals surface area contributed by atoms with E-state index in [1.807, 2.05) is 0 Å². The summed E-state index contributed by atoms with van der Waals surface area (Å²) in [7, 11) is 0. The second kappa shape index (κ2) is 6.04. The first-order valence-electron chi connectivity index (χ1n) is 5.55. The molecule has 0 heterocycles. The predicted octanol–water partition coefficient (Wildman–Crippen LogP) is 4.19. The molecule has 110 valence electrons. The molecule has 0 aliphatic heterocycles. The van der Waals surface area contributed by atoms with Gasteiger partial charge in [0, 0.05) is 6.07 Å². The van der Waals surface area contributed by atoms with Crippen LogP contribution in [0, 0.1) is 29.1 Å². The zero-order chi connectivity index (χ0) is 15.6. The SMILES string of the molecule is Fc1ccc(NC(=S)Nc2ccc(F)c(F)c2F)c(F)c1. The molecule has 8 heteroatoms. The second-order valence-electron chi connectivity index (χ2n) is 3.93. The maximum Gasteiger partial charge on any atom is 0.196 e. The fourth-order valence-corrected chi connectivity index (χ4v) is 1.71. The summed E-state index contributed by atoms with van der Waals surface area (Å²) in [5.74, 6) is -6.15. The molecule has 2 N–H and O–H groups in total. The highest BCUT2D eigenvalue weighted by molar-refractivity contribution is 7.80. The summed E-state index contributed by atoms with van der Waals surface area (Å²) in [6, 6.07) is 4.35. The topological polar surface area (TPSA) is 24.1 Å². The zero-order valence-electron chi connectivity index (χ0n) is 10.2. The third kappa shape index (κ3) is 3.46. The van der Waals surface area contributed by atoms with Gasteiger partial charge in [0.25, 0.3) is 0 Å². The third-order valence-electron chi connectivity index (χ3n) is 2.46. The highest BCUT2D eigenvalue weighted by Gasteiger charge is 2.14. The Bertz CT molecular complexity index is 705. The number of halogens is 5. The molecule has 0 saturated heterocycles. The molecule has 0 amide bonds. The lowest BCUT2D eigenvalue weighted by Gasteiger charge is -2.12. The lowest BCUT2D eigenvalue weighted by Crippen LogP contribution is -2.21. The number of thiocarbonyl (C=S) groups is 1. The summed E-state index contributed by atoms with van der Waals surface area (Å²) in [5, 5.41) is 4.32. The lowest BCUT2D eigenvalue weighted by molar-refractivity contribution is 0.449. The molecule has 0 bridgehead atoms. The number of benzene rings is 2. The van der Waals surface area contributed by atoms with Gasteiger partial charge in [-0.05, 0) is 36.5 Å². The molecule has 0 saturated carbocycles. The van der Waals surface area contributed by atoms with E-state index in [-0.39, 0.29) is 10.8 Å². The van der Waals surface area contributed by atoms with Crippen LogP contribution in [0.4, 0.5) is 33.3 Å². The predicted molar refractivity (Wildman–Crippen MR) is 72.5 cm³/mol. The van der Waals surface area contributed by atoms with Crippen LogP contribution in [-0.2, 0) is 0 Å². The van der Waals surface area contributed by atoms with E-state index in [2.05, 4.69) is 10.6 Å². The minimum absolute atomic E-state index is 0.156. The first-order chi connectivity index (χ1) is 9.88. The summed E-state index contributed by atoms with van der Waals surface area (Å²) in [6.45, 7) is 0. The summed E-state index contributed by atoms with van der Waals surface area (Å²) >= 11 is 4.78. The van der Waals surface area contributed by atoms with Gasteiger partial charge in [0.15, 0.2) is 22.6 Å². The van der Waals surface area contributed by atoms with Crippen LogP contribution >= 0.6 is 12.2 Å². The van der Waals surface area contributed by atoms with Crippen molar-refractivity contribution in [1.82, 2.24) is 0 Å². The fraction of sp³-hybridized carbons (Fsp3) is 0. The van der Waals surface area contributed by atoms with Crippen LogP contribution in [0.25, 0.3) is 0 Å². The van der Waals surface area contributed by atoms with E-state index < -0.39 is 34.8 Å². The molecule has 0 aromatic heterocycles. The standard InChI is InChI=1S/C13H7F5N2S/c14-6-1-3-9(8(16)5-6)19-13(21)20-10-4-2-7(15)11(17)12(10)18/h1-5H,(H2,19,20,21). The molecule has 2 rings (SSSR count). The van der Waals surface area contributed by atoms with Gasteiger partial charge in [-0.15, -0.1) is 0 Å². The van der Waals surface area contributed by atoms with Crippen LogP contribution in [0.5, 0.6) is 0 Å². The van der Waals surface area contributed by atoms with E-state index >= 15 is 0 Å². The van der Waals surface area contributed by atoms with E-state index in [9.17, 15) is 22.0 Å². The lowest BCUT2D eigenvalue weighted by atomic mass is 10.3. The van der Waals surface area contributed by atoms with Crippen molar-refractivity contribution >= 4 is 28.7 Å². The van der Waals surface area contributed by atoms with Gasteiger partial charge in [-0.3, -0.25) is 0 Å². The molecule has 0 unspecified atom stereocenters. The summed E-state index contributed by atoms with van der Waals surface area (Å²) < 4.78 is 65.3. The minimum atomic E-state index is -1.66. The Morgan fingerprint density at radius 3 is 2.05 bits per heavy atom. The van der Waals surface area contributed by atoms with E-state index in [1.54, 1.807) is 0 Å². The first-order valence-corrected chi connectivity index (χ1v) is 5.96. The molecular formula is C13H7F5N2S. The van der Waals surface area contributed by atoms with E-state index in [0.717, 1.165) is 18.2 Å². The molecule has 2 aromatic carbocycles. The van der Waals surface area contributed by atoms with Crippen molar-refractivity contribution in [2.24, 2.45) is 0 Å². The molecule has 2 aromatic rings. The van der Waals surface area contributed by atoms with Crippen LogP contribution in [0.1, 0.15) is 0 Å². The second-order valence-corrected chi connectivity index (χ2v) is 4.33. The Balaban J connectivity index is 2.14. The van der Waals surface area contributed by atoms with Crippen molar-refractivity contribution in [1.29, 1.82) is 0 Å². The van der Waals surface area contributed by atoms with Crippen LogP contribution in [0.2, 0.25) is 0 Å². The van der Waals surface area contributed by atoms with Crippen molar-refractivity contribution < 1.29 is 22.0 Å². The van der Waals surface area contributed by atoms with Gasteiger partial charge >= 0.3 is 0 Å². The number of hydrogen-bond donors (Lipinski definition) is 2. The van der Waals surface area contributed by atoms with Crippen LogP contribution in [0.3, 0.4) is 0 Å². The molecule has 0 aliphatic carbocycles. The first kappa shape index (κ1) is 15.2.